The third-order valence-electron chi connectivity index (χ3n) is 5.50. The van der Waals surface area contributed by atoms with E-state index >= 15 is 0 Å². The summed E-state index contributed by atoms with van der Waals surface area (Å²) < 4.78 is 5.71. The highest BCUT2D eigenvalue weighted by atomic mass is 16.5. The van der Waals surface area contributed by atoms with Gasteiger partial charge in [-0.3, -0.25) is 4.79 Å². The minimum Gasteiger partial charge on any atom is -0.483 e. The van der Waals surface area contributed by atoms with Crippen LogP contribution in [0.15, 0.2) is 42.5 Å². The Bertz CT molecular complexity index is 801. The van der Waals surface area contributed by atoms with Crippen LogP contribution < -0.4 is 15.0 Å². The van der Waals surface area contributed by atoms with Gasteiger partial charge in [0.2, 0.25) is 0 Å². The van der Waals surface area contributed by atoms with Crippen LogP contribution in [0.2, 0.25) is 0 Å². The molecular weight excluding hydrogens is 348 g/mol. The summed E-state index contributed by atoms with van der Waals surface area (Å²) in [5.74, 6) is 1.41. The number of piperidine rings is 1. The van der Waals surface area contributed by atoms with Gasteiger partial charge in [0, 0.05) is 18.8 Å². The van der Waals surface area contributed by atoms with Gasteiger partial charge in [-0.2, -0.15) is 0 Å². The maximum atomic E-state index is 12.3. The van der Waals surface area contributed by atoms with Gasteiger partial charge in [0.25, 0.3) is 5.91 Å². The van der Waals surface area contributed by atoms with Crippen molar-refractivity contribution in [2.24, 2.45) is 5.92 Å². The number of aryl methyl sites for hydroxylation is 2. The largest absolute Gasteiger partial charge is 0.483 e. The summed E-state index contributed by atoms with van der Waals surface area (Å²) in [6.45, 7) is 10.6. The molecule has 28 heavy (non-hydrogen) atoms. The van der Waals surface area contributed by atoms with Crippen molar-refractivity contribution in [2.45, 2.75) is 46.6 Å². The summed E-state index contributed by atoms with van der Waals surface area (Å²) in [4.78, 5) is 14.8. The first-order valence-corrected chi connectivity index (χ1v) is 10.3. The van der Waals surface area contributed by atoms with Gasteiger partial charge >= 0.3 is 0 Å². The number of carbonyl (C=O) groups excluding carboxylic acids is 1. The maximum Gasteiger partial charge on any atom is 0.258 e. The molecule has 1 amide bonds. The molecule has 2 aromatic rings. The molecule has 150 valence electrons. The quantitative estimate of drug-likeness (QED) is 0.783. The van der Waals surface area contributed by atoms with Crippen LogP contribution in [0, 0.1) is 19.8 Å². The van der Waals surface area contributed by atoms with Gasteiger partial charge in [-0.1, -0.05) is 31.2 Å². The summed E-state index contributed by atoms with van der Waals surface area (Å²) in [6.07, 6.45) is 2.58. The average Bonchev–Trinajstić information content (AvgIpc) is 2.69. The number of nitrogens with one attached hydrogen (secondary N) is 1. The third kappa shape index (κ3) is 5.28. The lowest BCUT2D eigenvalue weighted by molar-refractivity contribution is -0.123. The highest BCUT2D eigenvalue weighted by molar-refractivity contribution is 5.78. The molecule has 0 radical (unpaired) electrons. The number of hydrogen-bond acceptors (Lipinski definition) is 3. The molecule has 1 fully saturated rings. The number of nitrogens with zero attached hydrogens (tertiary/aromatic N) is 1. The fourth-order valence-corrected chi connectivity index (χ4v) is 3.77. The lowest BCUT2D eigenvalue weighted by Crippen LogP contribution is -2.34. The van der Waals surface area contributed by atoms with Gasteiger partial charge in [0.15, 0.2) is 6.61 Å². The maximum absolute atomic E-state index is 12.3. The van der Waals surface area contributed by atoms with E-state index in [9.17, 15) is 4.79 Å². The Kier molecular flexibility index (Phi) is 6.61. The second-order valence-electron chi connectivity index (χ2n) is 8.13. The molecule has 0 aliphatic carbocycles. The zero-order valence-corrected chi connectivity index (χ0v) is 17.5. The zero-order valence-electron chi connectivity index (χ0n) is 17.5. The van der Waals surface area contributed by atoms with Crippen LogP contribution in [-0.2, 0) is 4.79 Å². The monoisotopic (exact) mass is 380 g/mol. The van der Waals surface area contributed by atoms with E-state index in [4.69, 9.17) is 4.74 Å². The van der Waals surface area contributed by atoms with E-state index in [1.165, 1.54) is 18.5 Å². The van der Waals surface area contributed by atoms with Crippen molar-refractivity contribution in [3.63, 3.8) is 0 Å². The molecule has 4 nitrogen and oxygen atoms in total. The predicted molar refractivity (Wildman–Crippen MR) is 115 cm³/mol. The Morgan fingerprint density at radius 1 is 1.21 bits per heavy atom. The van der Waals surface area contributed by atoms with Crippen LogP contribution in [0.3, 0.4) is 0 Å². The lowest BCUT2D eigenvalue weighted by atomic mass is 9.99. The van der Waals surface area contributed by atoms with Gasteiger partial charge < -0.3 is 15.0 Å². The molecule has 1 N–H and O–H groups in total. The van der Waals surface area contributed by atoms with Crippen LogP contribution in [0.1, 0.15) is 49.4 Å². The smallest absolute Gasteiger partial charge is 0.258 e. The first-order chi connectivity index (χ1) is 13.4. The van der Waals surface area contributed by atoms with Crippen molar-refractivity contribution < 1.29 is 9.53 Å². The molecule has 3 rings (SSSR count). The summed E-state index contributed by atoms with van der Waals surface area (Å²) >= 11 is 0. The molecular formula is C24H32N2O2. The predicted octanol–water partition coefficient (Wildman–Crippen LogP) is 4.80. The third-order valence-corrected chi connectivity index (χ3v) is 5.50. The second kappa shape index (κ2) is 9.13. The Labute approximate surface area is 168 Å². The van der Waals surface area contributed by atoms with Crippen molar-refractivity contribution in [3.8, 4) is 5.75 Å². The first kappa shape index (κ1) is 20.2. The minimum absolute atomic E-state index is 0.0262. The number of amides is 1. The zero-order chi connectivity index (χ0) is 20.1. The molecule has 0 spiro atoms. The van der Waals surface area contributed by atoms with E-state index in [1.54, 1.807) is 0 Å². The molecule has 2 atom stereocenters. The van der Waals surface area contributed by atoms with Crippen molar-refractivity contribution in [1.82, 2.24) is 5.32 Å². The van der Waals surface area contributed by atoms with E-state index in [0.29, 0.717) is 0 Å². The van der Waals surface area contributed by atoms with Crippen LogP contribution in [0.25, 0.3) is 0 Å². The number of hydrogen-bond donors (Lipinski definition) is 1. The Balaban J connectivity index is 1.53. The molecule has 1 aliphatic rings. The van der Waals surface area contributed by atoms with Gasteiger partial charge in [0.1, 0.15) is 5.75 Å². The van der Waals surface area contributed by atoms with E-state index in [0.717, 1.165) is 41.4 Å². The van der Waals surface area contributed by atoms with E-state index in [1.807, 2.05) is 39.0 Å². The van der Waals surface area contributed by atoms with Gasteiger partial charge in [-0.15, -0.1) is 0 Å². The molecule has 1 heterocycles. The number of anilines is 1. The van der Waals surface area contributed by atoms with Crippen molar-refractivity contribution in [1.29, 1.82) is 0 Å². The van der Waals surface area contributed by atoms with E-state index in [2.05, 4.69) is 41.4 Å². The summed E-state index contributed by atoms with van der Waals surface area (Å²) in [5.41, 5.74) is 4.53. The summed E-state index contributed by atoms with van der Waals surface area (Å²) in [7, 11) is 0. The average molecular weight is 381 g/mol. The molecule has 1 saturated heterocycles. The summed E-state index contributed by atoms with van der Waals surface area (Å²) in [5, 5.41) is 3.03. The van der Waals surface area contributed by atoms with Crippen LogP contribution in [-0.4, -0.2) is 25.6 Å². The fourth-order valence-electron chi connectivity index (χ4n) is 3.77. The fraction of sp³-hybridized carbons (Fsp3) is 0.458. The lowest BCUT2D eigenvalue weighted by Gasteiger charge is -2.33. The highest BCUT2D eigenvalue weighted by Gasteiger charge is 2.17. The van der Waals surface area contributed by atoms with Gasteiger partial charge in [0.05, 0.1) is 6.04 Å². The Hall–Kier alpha value is -2.49. The summed E-state index contributed by atoms with van der Waals surface area (Å²) in [6, 6.07) is 14.5. The number of rotatable bonds is 6. The van der Waals surface area contributed by atoms with E-state index < -0.39 is 0 Å². The molecule has 0 aromatic heterocycles. The SMILES string of the molecule is Cc1ccc(C)c(OCC(=O)N[C@H](C)c2ccc(N3CCC[C@@H](C)C3)cc2)c1. The van der Waals surface area contributed by atoms with E-state index in [-0.39, 0.29) is 18.6 Å². The van der Waals surface area contributed by atoms with Crippen LogP contribution in [0.4, 0.5) is 5.69 Å². The van der Waals surface area contributed by atoms with Crippen LogP contribution >= 0.6 is 0 Å². The first-order valence-electron chi connectivity index (χ1n) is 10.3. The van der Waals surface area contributed by atoms with Gasteiger partial charge in [-0.05, 0) is 74.4 Å². The number of carbonyl (C=O) groups is 1. The van der Waals surface area contributed by atoms with Crippen molar-refractivity contribution >= 4 is 11.6 Å². The molecule has 0 bridgehead atoms. The Morgan fingerprint density at radius 2 is 1.96 bits per heavy atom. The molecule has 0 saturated carbocycles. The Morgan fingerprint density at radius 3 is 2.68 bits per heavy atom. The molecule has 2 aromatic carbocycles. The number of ether oxygens (including phenoxy) is 1. The minimum atomic E-state index is -0.109. The normalized spacial score (nSPS) is 17.9. The van der Waals surface area contributed by atoms with Gasteiger partial charge in [-0.25, -0.2) is 0 Å². The molecule has 0 unspecified atom stereocenters. The molecule has 1 aliphatic heterocycles. The van der Waals surface area contributed by atoms with Crippen LogP contribution in [0.5, 0.6) is 5.75 Å². The molecule has 4 heteroatoms. The number of benzene rings is 2. The highest BCUT2D eigenvalue weighted by Crippen LogP contribution is 2.24. The van der Waals surface area contributed by atoms with Crippen molar-refractivity contribution in [2.75, 3.05) is 24.6 Å². The van der Waals surface area contributed by atoms with Crippen molar-refractivity contribution in [3.05, 3.63) is 59.2 Å². The standard InChI is InChI=1S/C24H32N2O2/c1-17-7-8-19(3)23(14-17)28-16-24(27)25-20(4)21-9-11-22(12-10-21)26-13-5-6-18(2)15-26/h7-12,14,18,20H,5-6,13,15-16H2,1-4H3,(H,25,27)/t18-,20-/m1/s1. The second-order valence-corrected chi connectivity index (χ2v) is 8.13. The topological polar surface area (TPSA) is 41.6 Å².